The van der Waals surface area contributed by atoms with Crippen LogP contribution >= 0.6 is 0 Å². The number of benzene rings is 1. The third-order valence-electron chi connectivity index (χ3n) is 3.59. The second-order valence-electron chi connectivity index (χ2n) is 5.77. The summed E-state index contributed by atoms with van der Waals surface area (Å²) >= 11 is 0. The Bertz CT molecular complexity index is 321. The summed E-state index contributed by atoms with van der Waals surface area (Å²) < 4.78 is 0. The Morgan fingerprint density at radius 2 is 1.72 bits per heavy atom. The molecule has 0 fully saturated rings. The van der Waals surface area contributed by atoms with Crippen LogP contribution < -0.4 is 5.73 Å². The van der Waals surface area contributed by atoms with Crippen molar-refractivity contribution in [2.45, 2.75) is 45.7 Å². The van der Waals surface area contributed by atoms with Gasteiger partial charge in [0.05, 0.1) is 0 Å². The molecule has 2 nitrogen and oxygen atoms in total. The maximum Gasteiger partial charge on any atom is 0.0307 e. The third-order valence-corrected chi connectivity index (χ3v) is 3.59. The molecule has 1 aromatic rings. The maximum absolute atomic E-state index is 6.22. The molecule has 0 radical (unpaired) electrons. The monoisotopic (exact) mass is 248 g/mol. The molecule has 0 saturated heterocycles. The van der Waals surface area contributed by atoms with Gasteiger partial charge in [-0.05, 0) is 44.8 Å². The van der Waals surface area contributed by atoms with Crippen LogP contribution in [-0.4, -0.2) is 24.5 Å². The molecule has 0 saturated carbocycles. The van der Waals surface area contributed by atoms with Crippen molar-refractivity contribution in [2.75, 3.05) is 13.6 Å². The number of hydrogen-bond acceptors (Lipinski definition) is 2. The quantitative estimate of drug-likeness (QED) is 0.801. The number of hydrogen-bond donors (Lipinski definition) is 1. The topological polar surface area (TPSA) is 29.3 Å². The molecule has 0 aliphatic rings. The predicted molar refractivity (Wildman–Crippen MR) is 79.5 cm³/mol. The van der Waals surface area contributed by atoms with Gasteiger partial charge in [0.15, 0.2) is 0 Å². The first kappa shape index (κ1) is 15.2. The molecule has 2 atom stereocenters. The van der Waals surface area contributed by atoms with Crippen molar-refractivity contribution < 1.29 is 0 Å². The Hall–Kier alpha value is -0.860. The standard InChI is InChI=1S/C16H28N2/c1-13(2)12-14(3)18(4)11-10-16(17)15-8-6-5-7-9-15/h5-9,13-14,16H,10-12,17H2,1-4H3. The van der Waals surface area contributed by atoms with Crippen LogP contribution in [-0.2, 0) is 0 Å². The summed E-state index contributed by atoms with van der Waals surface area (Å²) in [6.07, 6.45) is 2.26. The predicted octanol–water partition coefficient (Wildman–Crippen LogP) is 3.44. The minimum absolute atomic E-state index is 0.153. The molecule has 0 heterocycles. The normalized spacial score (nSPS) is 15.1. The van der Waals surface area contributed by atoms with Crippen LogP contribution in [0, 0.1) is 5.92 Å². The first-order valence-electron chi connectivity index (χ1n) is 7.01. The van der Waals surface area contributed by atoms with E-state index in [9.17, 15) is 0 Å². The van der Waals surface area contributed by atoms with E-state index in [1.54, 1.807) is 0 Å². The molecule has 18 heavy (non-hydrogen) atoms. The molecule has 1 rings (SSSR count). The highest BCUT2D eigenvalue weighted by Gasteiger charge is 2.12. The van der Waals surface area contributed by atoms with Gasteiger partial charge in [-0.3, -0.25) is 0 Å². The fraction of sp³-hybridized carbons (Fsp3) is 0.625. The third kappa shape index (κ3) is 5.19. The zero-order valence-corrected chi connectivity index (χ0v) is 12.3. The van der Waals surface area contributed by atoms with Crippen LogP contribution in [0.5, 0.6) is 0 Å². The van der Waals surface area contributed by atoms with Gasteiger partial charge in [0.25, 0.3) is 0 Å². The summed E-state index contributed by atoms with van der Waals surface area (Å²) in [4.78, 5) is 2.42. The van der Waals surface area contributed by atoms with E-state index >= 15 is 0 Å². The molecule has 0 spiro atoms. The lowest BCUT2D eigenvalue weighted by Gasteiger charge is -2.27. The molecule has 0 amide bonds. The van der Waals surface area contributed by atoms with Gasteiger partial charge in [-0.1, -0.05) is 44.2 Å². The van der Waals surface area contributed by atoms with Gasteiger partial charge in [-0.2, -0.15) is 0 Å². The van der Waals surface area contributed by atoms with Gasteiger partial charge in [-0.25, -0.2) is 0 Å². The van der Waals surface area contributed by atoms with Gasteiger partial charge < -0.3 is 10.6 Å². The van der Waals surface area contributed by atoms with Crippen LogP contribution in [0.2, 0.25) is 0 Å². The molecule has 0 aliphatic carbocycles. The highest BCUT2D eigenvalue weighted by Crippen LogP contribution is 2.15. The Morgan fingerprint density at radius 3 is 2.28 bits per heavy atom. The molecule has 102 valence electrons. The maximum atomic E-state index is 6.22. The largest absolute Gasteiger partial charge is 0.324 e. The highest BCUT2D eigenvalue weighted by molar-refractivity contribution is 5.18. The summed E-state index contributed by atoms with van der Waals surface area (Å²) in [6.45, 7) is 7.91. The van der Waals surface area contributed by atoms with E-state index in [4.69, 9.17) is 5.73 Å². The van der Waals surface area contributed by atoms with E-state index in [2.05, 4.69) is 57.0 Å². The molecule has 2 unspecified atom stereocenters. The second-order valence-corrected chi connectivity index (χ2v) is 5.77. The summed E-state index contributed by atoms with van der Waals surface area (Å²) in [5.41, 5.74) is 7.46. The lowest BCUT2D eigenvalue weighted by atomic mass is 10.0. The van der Waals surface area contributed by atoms with Crippen molar-refractivity contribution in [2.24, 2.45) is 11.7 Å². The van der Waals surface area contributed by atoms with Crippen LogP contribution in [0.25, 0.3) is 0 Å². The van der Waals surface area contributed by atoms with Gasteiger partial charge >= 0.3 is 0 Å². The van der Waals surface area contributed by atoms with Crippen molar-refractivity contribution in [1.29, 1.82) is 0 Å². The second kappa shape index (κ2) is 7.55. The molecule has 2 N–H and O–H groups in total. The average Bonchev–Trinajstić information content (AvgIpc) is 2.35. The molecule has 2 heteroatoms. The van der Waals surface area contributed by atoms with E-state index in [1.807, 2.05) is 6.07 Å². The molecule has 0 aliphatic heterocycles. The smallest absolute Gasteiger partial charge is 0.0307 e. The van der Waals surface area contributed by atoms with Gasteiger partial charge in [0.2, 0.25) is 0 Å². The molecular weight excluding hydrogens is 220 g/mol. The van der Waals surface area contributed by atoms with Crippen molar-refractivity contribution in [3.63, 3.8) is 0 Å². The van der Waals surface area contributed by atoms with Crippen LogP contribution in [0.1, 0.15) is 45.2 Å². The minimum Gasteiger partial charge on any atom is -0.324 e. The summed E-state index contributed by atoms with van der Waals surface area (Å²) in [5, 5.41) is 0. The van der Waals surface area contributed by atoms with Crippen LogP contribution in [0.4, 0.5) is 0 Å². The van der Waals surface area contributed by atoms with E-state index in [0.717, 1.165) is 18.9 Å². The van der Waals surface area contributed by atoms with E-state index in [-0.39, 0.29) is 6.04 Å². The van der Waals surface area contributed by atoms with Crippen molar-refractivity contribution in [1.82, 2.24) is 4.90 Å². The molecule has 1 aromatic carbocycles. The lowest BCUT2D eigenvalue weighted by Crippen LogP contribution is -2.32. The Balaban J connectivity index is 2.36. The molecule has 0 aromatic heterocycles. The Labute approximate surface area is 112 Å². The lowest BCUT2D eigenvalue weighted by molar-refractivity contribution is 0.221. The highest BCUT2D eigenvalue weighted by atomic mass is 15.1. The van der Waals surface area contributed by atoms with Gasteiger partial charge in [-0.15, -0.1) is 0 Å². The van der Waals surface area contributed by atoms with E-state index in [1.165, 1.54) is 12.0 Å². The number of nitrogens with two attached hydrogens (primary N) is 1. The van der Waals surface area contributed by atoms with E-state index in [0.29, 0.717) is 6.04 Å². The van der Waals surface area contributed by atoms with Crippen molar-refractivity contribution in [3.8, 4) is 0 Å². The minimum atomic E-state index is 0.153. The first-order chi connectivity index (χ1) is 8.50. The van der Waals surface area contributed by atoms with Crippen molar-refractivity contribution >= 4 is 0 Å². The van der Waals surface area contributed by atoms with Gasteiger partial charge in [0, 0.05) is 12.1 Å². The summed E-state index contributed by atoms with van der Waals surface area (Å²) in [7, 11) is 2.20. The van der Waals surface area contributed by atoms with E-state index < -0.39 is 0 Å². The molecule has 0 bridgehead atoms. The van der Waals surface area contributed by atoms with Crippen LogP contribution in [0.3, 0.4) is 0 Å². The zero-order valence-electron chi connectivity index (χ0n) is 12.3. The van der Waals surface area contributed by atoms with Gasteiger partial charge in [0.1, 0.15) is 0 Å². The molecular formula is C16H28N2. The number of rotatable bonds is 7. The SMILES string of the molecule is CC(C)CC(C)N(C)CCC(N)c1ccccc1. The fourth-order valence-electron chi connectivity index (χ4n) is 2.29. The fourth-order valence-corrected chi connectivity index (χ4v) is 2.29. The number of nitrogens with zero attached hydrogens (tertiary/aromatic N) is 1. The zero-order chi connectivity index (χ0) is 13.5. The Morgan fingerprint density at radius 1 is 1.11 bits per heavy atom. The van der Waals surface area contributed by atoms with Crippen molar-refractivity contribution in [3.05, 3.63) is 35.9 Å². The first-order valence-corrected chi connectivity index (χ1v) is 7.01. The van der Waals surface area contributed by atoms with Crippen LogP contribution in [0.15, 0.2) is 30.3 Å². The average molecular weight is 248 g/mol. The Kier molecular flexibility index (Phi) is 6.37. The summed E-state index contributed by atoms with van der Waals surface area (Å²) in [6, 6.07) is 11.2. The summed E-state index contributed by atoms with van der Waals surface area (Å²) in [5.74, 6) is 0.755.